The van der Waals surface area contributed by atoms with E-state index in [1.54, 1.807) is 16.5 Å². The van der Waals surface area contributed by atoms with Gasteiger partial charge in [-0.1, -0.05) is 18.2 Å². The first kappa shape index (κ1) is 21.7. The van der Waals surface area contributed by atoms with Crippen LogP contribution in [0, 0.1) is 13.8 Å². The van der Waals surface area contributed by atoms with Gasteiger partial charge in [0.2, 0.25) is 0 Å². The minimum absolute atomic E-state index is 0.0683. The maximum atomic E-state index is 13.3. The third-order valence-electron chi connectivity index (χ3n) is 6.32. The lowest BCUT2D eigenvalue weighted by Gasteiger charge is -2.38. The minimum Gasteiger partial charge on any atom is -0.373 e. The normalized spacial score (nSPS) is 24.5. The fraction of sp³-hybridized carbons (Fsp3) is 0.542. The van der Waals surface area contributed by atoms with Crippen LogP contribution >= 0.6 is 0 Å². The van der Waals surface area contributed by atoms with Gasteiger partial charge in [0.1, 0.15) is 0 Å². The van der Waals surface area contributed by atoms with Crippen molar-refractivity contribution in [3.63, 3.8) is 0 Å². The summed E-state index contributed by atoms with van der Waals surface area (Å²) >= 11 is 0. The summed E-state index contributed by atoms with van der Waals surface area (Å²) in [5.74, 6) is -0.858. The van der Waals surface area contributed by atoms with Crippen LogP contribution in [-0.2, 0) is 9.53 Å². The molecule has 31 heavy (non-hydrogen) atoms. The van der Waals surface area contributed by atoms with Gasteiger partial charge in [-0.15, -0.1) is 0 Å². The average Bonchev–Trinajstić information content (AvgIpc) is 3.30. The van der Waals surface area contributed by atoms with Gasteiger partial charge in [-0.2, -0.15) is 5.10 Å². The number of ketones is 1. The Bertz CT molecular complexity index is 945. The van der Waals surface area contributed by atoms with Crippen LogP contribution < -0.4 is 0 Å². The average molecular weight is 425 g/mol. The van der Waals surface area contributed by atoms with Gasteiger partial charge in [-0.25, -0.2) is 4.68 Å². The van der Waals surface area contributed by atoms with E-state index in [1.807, 2.05) is 37.3 Å². The molecule has 2 fully saturated rings. The van der Waals surface area contributed by atoms with Crippen molar-refractivity contribution in [1.29, 1.82) is 0 Å². The van der Waals surface area contributed by atoms with Crippen molar-refractivity contribution in [2.45, 2.75) is 58.8 Å². The third kappa shape index (κ3) is 4.43. The van der Waals surface area contributed by atoms with E-state index >= 15 is 0 Å². The van der Waals surface area contributed by atoms with E-state index in [0.717, 1.165) is 38.2 Å². The summed E-state index contributed by atoms with van der Waals surface area (Å²) in [6.45, 7) is 11.0. The fourth-order valence-corrected chi connectivity index (χ4v) is 5.05. The Labute approximate surface area is 184 Å². The number of rotatable bonds is 5. The van der Waals surface area contributed by atoms with Crippen LogP contribution in [0.2, 0.25) is 0 Å². The fourth-order valence-electron chi connectivity index (χ4n) is 5.05. The number of aromatic nitrogens is 2. The van der Waals surface area contributed by atoms with Gasteiger partial charge in [0.15, 0.2) is 0 Å². The minimum atomic E-state index is -0.451. The molecule has 2 saturated heterocycles. The topological polar surface area (TPSA) is 67.7 Å². The van der Waals surface area contributed by atoms with Crippen LogP contribution in [-0.4, -0.2) is 75.7 Å². The number of hydrogen-bond acceptors (Lipinski definition) is 5. The molecule has 3 heterocycles. The summed E-state index contributed by atoms with van der Waals surface area (Å²) in [7, 11) is 0. The van der Waals surface area contributed by atoms with E-state index in [2.05, 4.69) is 23.8 Å². The Morgan fingerprint density at radius 2 is 1.77 bits per heavy atom. The second-order valence-corrected chi connectivity index (χ2v) is 8.89. The lowest BCUT2D eigenvalue weighted by atomic mass is 10.1. The molecule has 2 aliphatic heterocycles. The second kappa shape index (κ2) is 8.93. The van der Waals surface area contributed by atoms with E-state index in [0.29, 0.717) is 23.5 Å². The summed E-state index contributed by atoms with van der Waals surface area (Å²) < 4.78 is 7.57. The molecule has 1 aromatic heterocycles. The Balaban J connectivity index is 1.51. The molecule has 1 amide bonds. The predicted molar refractivity (Wildman–Crippen MR) is 119 cm³/mol. The number of morpholine rings is 1. The maximum absolute atomic E-state index is 13.3. The number of amides is 1. The number of Topliss-reactive ketones (excluding diaryl/α,β-unsaturated/α-hetero) is 1. The highest BCUT2D eigenvalue weighted by Crippen LogP contribution is 2.24. The molecule has 2 aliphatic rings. The number of benzene rings is 1. The molecule has 7 heteroatoms. The number of nitrogens with zero attached hydrogens (tertiary/aromatic N) is 4. The Morgan fingerprint density at radius 3 is 2.45 bits per heavy atom. The number of para-hydroxylation sites is 1. The summed E-state index contributed by atoms with van der Waals surface area (Å²) in [5, 5.41) is 4.54. The molecule has 0 saturated carbocycles. The van der Waals surface area contributed by atoms with Crippen LogP contribution in [0.3, 0.4) is 0 Å². The zero-order valence-corrected chi connectivity index (χ0v) is 18.9. The van der Waals surface area contributed by atoms with E-state index in [1.165, 1.54) is 0 Å². The van der Waals surface area contributed by atoms with Gasteiger partial charge in [0, 0.05) is 32.2 Å². The molecule has 166 valence electrons. The van der Waals surface area contributed by atoms with Crippen molar-refractivity contribution in [3.05, 3.63) is 47.3 Å². The molecule has 3 unspecified atom stereocenters. The van der Waals surface area contributed by atoms with Crippen molar-refractivity contribution in [1.82, 2.24) is 19.6 Å². The van der Waals surface area contributed by atoms with E-state index < -0.39 is 11.7 Å². The van der Waals surface area contributed by atoms with Gasteiger partial charge < -0.3 is 9.64 Å². The lowest BCUT2D eigenvalue weighted by molar-refractivity contribution is -0.128. The zero-order chi connectivity index (χ0) is 22.1. The molecule has 0 radical (unpaired) electrons. The summed E-state index contributed by atoms with van der Waals surface area (Å²) in [6, 6.07) is 9.75. The van der Waals surface area contributed by atoms with Gasteiger partial charge in [0.25, 0.3) is 11.7 Å². The molecule has 3 atom stereocenters. The summed E-state index contributed by atoms with van der Waals surface area (Å²) in [5.41, 5.74) is 2.59. The number of hydrogen-bond donors (Lipinski definition) is 0. The van der Waals surface area contributed by atoms with E-state index in [4.69, 9.17) is 4.74 Å². The van der Waals surface area contributed by atoms with Crippen LogP contribution in [0.25, 0.3) is 5.69 Å². The Kier molecular flexibility index (Phi) is 6.25. The van der Waals surface area contributed by atoms with Gasteiger partial charge in [-0.3, -0.25) is 14.5 Å². The lowest BCUT2D eigenvalue weighted by Crippen LogP contribution is -2.51. The molecule has 0 aliphatic carbocycles. The van der Waals surface area contributed by atoms with Crippen LogP contribution in [0.15, 0.2) is 30.3 Å². The van der Waals surface area contributed by atoms with Crippen molar-refractivity contribution in [3.8, 4) is 5.69 Å². The quantitative estimate of drug-likeness (QED) is 0.545. The predicted octanol–water partition coefficient (Wildman–Crippen LogP) is 2.77. The molecular formula is C24H32N4O3. The van der Waals surface area contributed by atoms with Crippen molar-refractivity contribution < 1.29 is 14.3 Å². The second-order valence-electron chi connectivity index (χ2n) is 8.89. The van der Waals surface area contributed by atoms with Gasteiger partial charge >= 0.3 is 0 Å². The van der Waals surface area contributed by atoms with Gasteiger partial charge in [-0.05, 0) is 52.7 Å². The van der Waals surface area contributed by atoms with Crippen molar-refractivity contribution >= 4 is 11.7 Å². The molecule has 2 aromatic rings. The first-order valence-electron chi connectivity index (χ1n) is 11.2. The Hall–Kier alpha value is -2.51. The van der Waals surface area contributed by atoms with Crippen LogP contribution in [0.5, 0.6) is 0 Å². The SMILES string of the molecule is Cc1nn(-c2ccccc2)c(C)c1C(=O)C(=O)N1CCCC1CN1CC(C)OC(C)C1. The van der Waals surface area contributed by atoms with E-state index in [9.17, 15) is 9.59 Å². The van der Waals surface area contributed by atoms with Gasteiger partial charge in [0.05, 0.1) is 34.8 Å². The third-order valence-corrected chi connectivity index (χ3v) is 6.32. The van der Waals surface area contributed by atoms with Crippen LogP contribution in [0.1, 0.15) is 48.4 Å². The smallest absolute Gasteiger partial charge is 0.295 e. The highest BCUT2D eigenvalue weighted by Gasteiger charge is 2.37. The molecule has 1 aromatic carbocycles. The maximum Gasteiger partial charge on any atom is 0.295 e. The Morgan fingerprint density at radius 1 is 1.10 bits per heavy atom. The number of carbonyl (C=O) groups excluding carboxylic acids is 2. The number of likely N-dealkylation sites (tertiary alicyclic amines) is 1. The zero-order valence-electron chi connectivity index (χ0n) is 18.9. The first-order chi connectivity index (χ1) is 14.8. The van der Waals surface area contributed by atoms with E-state index in [-0.39, 0.29) is 18.2 Å². The standard InChI is InChI=1S/C24H32N4O3/c1-16-13-26(14-17(2)31-16)15-21-11-8-12-27(21)24(30)23(29)22-18(3)25-28(19(22)4)20-9-6-5-7-10-20/h5-7,9-10,16-17,21H,8,11-15H2,1-4H3. The van der Waals surface area contributed by atoms with Crippen molar-refractivity contribution in [2.24, 2.45) is 0 Å². The van der Waals surface area contributed by atoms with Crippen LogP contribution in [0.4, 0.5) is 0 Å². The largest absolute Gasteiger partial charge is 0.373 e. The molecule has 7 nitrogen and oxygen atoms in total. The number of ether oxygens (including phenoxy) is 1. The molecule has 0 spiro atoms. The molecule has 0 bridgehead atoms. The summed E-state index contributed by atoms with van der Waals surface area (Å²) in [4.78, 5) is 30.7. The number of aryl methyl sites for hydroxylation is 1. The number of carbonyl (C=O) groups is 2. The highest BCUT2D eigenvalue weighted by molar-refractivity contribution is 6.43. The highest BCUT2D eigenvalue weighted by atomic mass is 16.5. The molecular weight excluding hydrogens is 392 g/mol. The summed E-state index contributed by atoms with van der Waals surface area (Å²) in [6.07, 6.45) is 2.23. The molecule has 4 rings (SSSR count). The first-order valence-corrected chi connectivity index (χ1v) is 11.2. The monoisotopic (exact) mass is 424 g/mol. The molecule has 0 N–H and O–H groups in total. The van der Waals surface area contributed by atoms with Crippen molar-refractivity contribution in [2.75, 3.05) is 26.2 Å².